The van der Waals surface area contributed by atoms with Crippen molar-refractivity contribution in [3.63, 3.8) is 0 Å². The number of rotatable bonds is 4. The first kappa shape index (κ1) is 19.8. The van der Waals surface area contributed by atoms with Gasteiger partial charge in [0.15, 0.2) is 0 Å². The molecule has 0 saturated carbocycles. The molecule has 30 heavy (non-hydrogen) atoms. The number of carbonyl (C=O) groups is 2. The molecule has 154 valence electrons. The molecule has 0 amide bonds. The van der Waals surface area contributed by atoms with Gasteiger partial charge in [-0.05, 0) is 24.6 Å². The van der Waals surface area contributed by atoms with Crippen molar-refractivity contribution >= 4 is 17.6 Å². The Morgan fingerprint density at radius 2 is 1.93 bits per heavy atom. The van der Waals surface area contributed by atoms with Crippen LogP contribution in [0.2, 0.25) is 0 Å². The second-order valence-corrected chi connectivity index (χ2v) is 7.60. The fourth-order valence-electron chi connectivity index (χ4n) is 4.10. The van der Waals surface area contributed by atoms with Crippen LogP contribution in [0.1, 0.15) is 49.2 Å². The Morgan fingerprint density at radius 3 is 2.63 bits per heavy atom. The minimum Gasteiger partial charge on any atom is -0.390 e. The van der Waals surface area contributed by atoms with Crippen molar-refractivity contribution in [1.82, 2.24) is 15.0 Å². The molecule has 7 heteroatoms. The predicted octanol–water partition coefficient (Wildman–Crippen LogP) is 4.08. The summed E-state index contributed by atoms with van der Waals surface area (Å²) < 4.78 is 6.64. The third-order valence-electron chi connectivity index (χ3n) is 5.62. The molecule has 3 unspecified atom stereocenters. The van der Waals surface area contributed by atoms with E-state index in [4.69, 9.17) is 4.74 Å². The van der Waals surface area contributed by atoms with E-state index in [1.807, 2.05) is 47.3 Å². The molecule has 0 fully saturated rings. The minimum absolute atomic E-state index is 0.110. The fraction of sp³-hybridized carbons (Fsp3) is 0.304. The average molecular weight is 404 g/mol. The van der Waals surface area contributed by atoms with Crippen LogP contribution in [0, 0.1) is 5.92 Å². The molecule has 0 saturated heterocycles. The van der Waals surface area contributed by atoms with Crippen molar-refractivity contribution < 1.29 is 14.3 Å². The molecular formula is C23H24N4O3. The maximum absolute atomic E-state index is 12.3. The lowest BCUT2D eigenvalue weighted by molar-refractivity contribution is -0.135. The highest BCUT2D eigenvalue weighted by Crippen LogP contribution is 2.40. The fourth-order valence-corrected chi connectivity index (χ4v) is 4.10. The van der Waals surface area contributed by atoms with Crippen molar-refractivity contribution in [2.75, 3.05) is 5.32 Å². The Hall–Kier alpha value is -3.48. The highest BCUT2D eigenvalue weighted by Gasteiger charge is 2.35. The van der Waals surface area contributed by atoms with E-state index in [9.17, 15) is 9.59 Å². The smallest absolute Gasteiger partial charge is 0.345 e. The number of carbonyl (C=O) groups excluding carboxylic acids is 2. The summed E-state index contributed by atoms with van der Waals surface area (Å²) in [6.45, 7) is 5.53. The van der Waals surface area contributed by atoms with Crippen LogP contribution in [0.4, 0.5) is 5.69 Å². The van der Waals surface area contributed by atoms with Gasteiger partial charge in [0.1, 0.15) is 5.69 Å². The van der Waals surface area contributed by atoms with Crippen LogP contribution in [-0.4, -0.2) is 33.0 Å². The van der Waals surface area contributed by atoms with Gasteiger partial charge in [-0.1, -0.05) is 49.4 Å². The number of nitrogens with zero attached hydrogens (tertiary/aromatic N) is 3. The lowest BCUT2D eigenvalue weighted by Gasteiger charge is -2.38. The summed E-state index contributed by atoms with van der Waals surface area (Å²) in [7, 11) is 0. The second kappa shape index (κ2) is 8.10. The topological polar surface area (TPSA) is 86.1 Å². The maximum Gasteiger partial charge on any atom is 0.345 e. The maximum atomic E-state index is 12.3. The monoisotopic (exact) mass is 404 g/mol. The van der Waals surface area contributed by atoms with Gasteiger partial charge in [0, 0.05) is 35.7 Å². The molecule has 0 aliphatic carbocycles. The number of nitrogens with one attached hydrogen (secondary N) is 1. The average Bonchev–Trinajstić information content (AvgIpc) is 3.22. The van der Waals surface area contributed by atoms with E-state index in [2.05, 4.69) is 29.5 Å². The quantitative estimate of drug-likeness (QED) is 0.521. The van der Waals surface area contributed by atoms with Crippen LogP contribution in [0.5, 0.6) is 0 Å². The first-order valence-electron chi connectivity index (χ1n) is 10.1. The number of fused-ring (bicyclic) bond motifs is 1. The number of benzene rings is 2. The van der Waals surface area contributed by atoms with E-state index in [0.717, 1.165) is 28.9 Å². The van der Waals surface area contributed by atoms with E-state index in [1.165, 1.54) is 6.92 Å². The summed E-state index contributed by atoms with van der Waals surface area (Å²) in [5.74, 6) is -1.08. The predicted molar refractivity (Wildman–Crippen MR) is 113 cm³/mol. The van der Waals surface area contributed by atoms with Gasteiger partial charge in [-0.3, -0.25) is 4.79 Å². The van der Waals surface area contributed by atoms with E-state index in [0.29, 0.717) is 5.56 Å². The molecule has 0 bridgehead atoms. The molecule has 1 aliphatic rings. The largest absolute Gasteiger partial charge is 0.390 e. The van der Waals surface area contributed by atoms with Gasteiger partial charge >= 0.3 is 11.9 Å². The van der Waals surface area contributed by atoms with E-state index in [-0.39, 0.29) is 18.0 Å². The van der Waals surface area contributed by atoms with Crippen molar-refractivity contribution in [3.05, 3.63) is 65.9 Å². The third-order valence-corrected chi connectivity index (χ3v) is 5.62. The summed E-state index contributed by atoms with van der Waals surface area (Å²) in [4.78, 5) is 23.5. The van der Waals surface area contributed by atoms with Crippen LogP contribution in [-0.2, 0) is 9.53 Å². The van der Waals surface area contributed by atoms with E-state index in [1.54, 1.807) is 12.1 Å². The Bertz CT molecular complexity index is 1080. The van der Waals surface area contributed by atoms with Crippen LogP contribution in [0.25, 0.3) is 11.3 Å². The highest BCUT2D eigenvalue weighted by molar-refractivity contribution is 5.96. The molecule has 2 aromatic carbocycles. The van der Waals surface area contributed by atoms with Gasteiger partial charge in [-0.15, -0.1) is 5.10 Å². The summed E-state index contributed by atoms with van der Waals surface area (Å²) in [6.07, 6.45) is 2.89. The molecule has 1 N–H and O–H groups in total. The Kier molecular flexibility index (Phi) is 5.35. The molecule has 0 radical (unpaired) electrons. The summed E-state index contributed by atoms with van der Waals surface area (Å²) in [5, 5.41) is 12.4. The molecule has 7 nitrogen and oxygen atoms in total. The third kappa shape index (κ3) is 3.70. The van der Waals surface area contributed by atoms with Crippen molar-refractivity contribution in [1.29, 1.82) is 0 Å². The Morgan fingerprint density at radius 1 is 1.17 bits per heavy atom. The zero-order valence-electron chi connectivity index (χ0n) is 17.2. The number of esters is 2. The molecule has 4 rings (SSSR count). The Balaban J connectivity index is 1.76. The molecular weight excluding hydrogens is 380 g/mol. The van der Waals surface area contributed by atoms with Crippen LogP contribution < -0.4 is 5.32 Å². The number of aromatic nitrogens is 3. The number of hydrogen-bond acceptors (Lipinski definition) is 6. The molecule has 3 aromatic rings. The lowest BCUT2D eigenvalue weighted by atomic mass is 9.82. The lowest BCUT2D eigenvalue weighted by Crippen LogP contribution is -2.39. The van der Waals surface area contributed by atoms with Crippen LogP contribution in [0.3, 0.4) is 0 Å². The zero-order valence-corrected chi connectivity index (χ0v) is 17.2. The summed E-state index contributed by atoms with van der Waals surface area (Å²) >= 11 is 0. The first-order chi connectivity index (χ1) is 14.5. The molecule has 3 atom stereocenters. The van der Waals surface area contributed by atoms with Gasteiger partial charge in [-0.2, -0.15) is 0 Å². The van der Waals surface area contributed by atoms with Gasteiger partial charge < -0.3 is 10.1 Å². The summed E-state index contributed by atoms with van der Waals surface area (Å²) in [6, 6.07) is 15.4. The number of anilines is 1. The van der Waals surface area contributed by atoms with Crippen LogP contribution in [0.15, 0.2) is 54.7 Å². The van der Waals surface area contributed by atoms with Crippen molar-refractivity contribution in [3.8, 4) is 11.3 Å². The zero-order chi connectivity index (χ0) is 21.3. The van der Waals surface area contributed by atoms with Crippen molar-refractivity contribution in [2.45, 2.75) is 39.3 Å². The molecule has 1 aliphatic heterocycles. The first-order valence-corrected chi connectivity index (χ1v) is 10.1. The molecule has 0 spiro atoms. The van der Waals surface area contributed by atoms with Gasteiger partial charge in [0.2, 0.25) is 0 Å². The van der Waals surface area contributed by atoms with Gasteiger partial charge in [0.25, 0.3) is 0 Å². The van der Waals surface area contributed by atoms with Gasteiger partial charge in [-0.25, -0.2) is 9.48 Å². The minimum atomic E-state index is -0.655. The van der Waals surface area contributed by atoms with Gasteiger partial charge in [0.05, 0.1) is 17.8 Å². The highest BCUT2D eigenvalue weighted by atomic mass is 16.6. The summed E-state index contributed by atoms with van der Waals surface area (Å²) in [5.41, 5.74) is 4.00. The van der Waals surface area contributed by atoms with E-state index >= 15 is 0 Å². The van der Waals surface area contributed by atoms with E-state index < -0.39 is 11.9 Å². The molecule has 2 heterocycles. The second-order valence-electron chi connectivity index (χ2n) is 7.60. The molecule has 1 aromatic heterocycles. The normalized spacial score (nSPS) is 20.2. The van der Waals surface area contributed by atoms with Crippen molar-refractivity contribution in [2.24, 2.45) is 5.92 Å². The van der Waals surface area contributed by atoms with Crippen LogP contribution >= 0.6 is 0 Å². The Labute approximate surface area is 175 Å². The standard InChI is InChI=1S/C23H24N4O3/c1-4-19-14(2)22(27-13-21(25-26-27)16-8-6-5-7-9-16)18-12-17(10-11-20(18)24-19)23(29)30-15(3)28/h5-14,19,22,24H,4H2,1-3H3. The SMILES string of the molecule is CCC1Nc2ccc(C(=O)OC(C)=O)cc2C(n2cc(-c3ccccc3)nn2)C1C. The number of hydrogen-bond donors (Lipinski definition) is 1. The number of ether oxygens (including phenoxy) is 1.